The van der Waals surface area contributed by atoms with E-state index in [0.29, 0.717) is 11.6 Å². The second kappa shape index (κ2) is 7.88. The van der Waals surface area contributed by atoms with Crippen molar-refractivity contribution in [3.63, 3.8) is 0 Å². The smallest absolute Gasteiger partial charge is 0.251 e. The van der Waals surface area contributed by atoms with Gasteiger partial charge >= 0.3 is 0 Å². The van der Waals surface area contributed by atoms with Crippen LogP contribution in [0.3, 0.4) is 0 Å². The summed E-state index contributed by atoms with van der Waals surface area (Å²) >= 11 is 1.79. The molecule has 3 N–H and O–H groups in total. The summed E-state index contributed by atoms with van der Waals surface area (Å²) in [5.41, 5.74) is 0.666. The minimum atomic E-state index is -0.0226. The van der Waals surface area contributed by atoms with Gasteiger partial charge in [-0.25, -0.2) is 0 Å². The summed E-state index contributed by atoms with van der Waals surface area (Å²) < 4.78 is 0. The van der Waals surface area contributed by atoms with E-state index < -0.39 is 0 Å². The predicted octanol–water partition coefficient (Wildman–Crippen LogP) is -0.584. The Morgan fingerprint density at radius 1 is 1.21 bits per heavy atom. The molecule has 5 nitrogen and oxygen atoms in total. The molecule has 1 fully saturated rings. The maximum absolute atomic E-state index is 12.5. The first-order chi connectivity index (χ1) is 11.6. The molecule has 1 aliphatic heterocycles. The fourth-order valence-corrected chi connectivity index (χ4v) is 4.44. The van der Waals surface area contributed by atoms with Crippen LogP contribution in [0, 0.1) is 0 Å². The Morgan fingerprint density at radius 2 is 1.92 bits per heavy atom. The maximum atomic E-state index is 12.5. The number of nitrogens with zero attached hydrogens (tertiary/aromatic N) is 1. The number of hydrogen-bond donors (Lipinski definition) is 3. The maximum Gasteiger partial charge on any atom is 0.251 e. The minimum absolute atomic E-state index is 0.0226. The van der Waals surface area contributed by atoms with Crippen molar-refractivity contribution in [3.05, 3.63) is 52.5 Å². The van der Waals surface area contributed by atoms with Crippen LogP contribution in [0.2, 0.25) is 0 Å². The van der Waals surface area contributed by atoms with Crippen molar-refractivity contribution in [1.82, 2.24) is 10.3 Å². The third kappa shape index (κ3) is 4.01. The van der Waals surface area contributed by atoms with Crippen LogP contribution in [0.1, 0.15) is 28.2 Å². The topological polar surface area (TPSA) is 50.9 Å². The van der Waals surface area contributed by atoms with Crippen molar-refractivity contribution >= 4 is 17.2 Å². The number of thiophene rings is 1. The summed E-state index contributed by atoms with van der Waals surface area (Å²) in [7, 11) is 2.26. The summed E-state index contributed by atoms with van der Waals surface area (Å²) in [5, 5.41) is 5.33. The van der Waals surface area contributed by atoms with Gasteiger partial charge in [-0.3, -0.25) is 9.78 Å². The first-order valence-corrected chi connectivity index (χ1v) is 9.43. The van der Waals surface area contributed by atoms with E-state index in [1.807, 2.05) is 0 Å². The lowest BCUT2D eigenvalue weighted by atomic mass is 10.0. The number of carbonyl (C=O) groups excluding carboxylic acids is 1. The van der Waals surface area contributed by atoms with Gasteiger partial charge in [-0.2, -0.15) is 0 Å². The van der Waals surface area contributed by atoms with Gasteiger partial charge in [0, 0.05) is 18.0 Å². The van der Waals surface area contributed by atoms with Crippen LogP contribution in [0.4, 0.5) is 0 Å². The number of pyridine rings is 1. The number of quaternary nitrogens is 2. The summed E-state index contributed by atoms with van der Waals surface area (Å²) in [6.07, 6.45) is 3.32. The number of amides is 1. The van der Waals surface area contributed by atoms with Gasteiger partial charge in [0.1, 0.15) is 32.2 Å². The number of piperazine rings is 1. The Labute approximate surface area is 147 Å². The highest BCUT2D eigenvalue weighted by Crippen LogP contribution is 2.20. The van der Waals surface area contributed by atoms with E-state index in [1.165, 1.54) is 18.0 Å². The van der Waals surface area contributed by atoms with E-state index in [9.17, 15) is 4.79 Å². The van der Waals surface area contributed by atoms with E-state index in [4.69, 9.17) is 0 Å². The molecule has 2 unspecified atom stereocenters. The number of hydrogen-bond acceptors (Lipinski definition) is 3. The summed E-state index contributed by atoms with van der Waals surface area (Å²) in [5.74, 6) is -0.0226. The average Bonchev–Trinajstić information content (AvgIpc) is 3.11. The number of likely N-dealkylation sites (N-methyl/N-ethyl adjacent to an activating group) is 1. The van der Waals surface area contributed by atoms with Gasteiger partial charge in [0.15, 0.2) is 0 Å². The molecule has 0 saturated carbocycles. The third-order valence-electron chi connectivity index (χ3n) is 4.84. The van der Waals surface area contributed by atoms with Gasteiger partial charge in [-0.1, -0.05) is 6.07 Å². The molecule has 0 bridgehead atoms. The normalized spacial score (nSPS) is 23.4. The predicted molar refractivity (Wildman–Crippen MR) is 95.5 cm³/mol. The minimum Gasteiger partial charge on any atom is -0.343 e. The van der Waals surface area contributed by atoms with Gasteiger partial charge in [0.25, 0.3) is 5.91 Å². The first-order valence-electron chi connectivity index (χ1n) is 8.55. The second-order valence-electron chi connectivity index (χ2n) is 6.61. The largest absolute Gasteiger partial charge is 0.343 e. The van der Waals surface area contributed by atoms with Crippen molar-refractivity contribution in [2.45, 2.75) is 19.0 Å². The molecule has 2 aromatic rings. The molecule has 2 aromatic heterocycles. The molecule has 24 heavy (non-hydrogen) atoms. The Kier molecular flexibility index (Phi) is 5.60. The average molecular weight is 347 g/mol. The van der Waals surface area contributed by atoms with Crippen LogP contribution in [0.15, 0.2) is 42.0 Å². The van der Waals surface area contributed by atoms with Crippen LogP contribution < -0.4 is 15.1 Å². The van der Waals surface area contributed by atoms with Crippen molar-refractivity contribution in [2.24, 2.45) is 0 Å². The highest BCUT2D eigenvalue weighted by Gasteiger charge is 2.34. The fraction of sp³-hybridized carbons (Fsp3) is 0.444. The van der Waals surface area contributed by atoms with E-state index in [-0.39, 0.29) is 11.9 Å². The van der Waals surface area contributed by atoms with Crippen molar-refractivity contribution in [2.75, 3.05) is 33.2 Å². The van der Waals surface area contributed by atoms with E-state index >= 15 is 0 Å². The SMILES string of the molecule is CC(NC(=O)c1ccncc1)C(c1cccs1)[NH+]1CC[NH+](C)CC1. The quantitative estimate of drug-likeness (QED) is 0.678. The monoisotopic (exact) mass is 346 g/mol. The van der Waals surface area contributed by atoms with Gasteiger partial charge < -0.3 is 15.1 Å². The zero-order valence-electron chi connectivity index (χ0n) is 14.3. The molecular formula is C18H26N4OS+2. The Balaban J connectivity index is 1.74. The molecular weight excluding hydrogens is 320 g/mol. The highest BCUT2D eigenvalue weighted by atomic mass is 32.1. The standard InChI is InChI=1S/C18H24N4OS/c1-14(20-18(23)15-5-7-19-8-6-15)17(16-4-3-13-24-16)22-11-9-21(2)10-12-22/h3-8,13-14,17H,9-12H2,1-2H3,(H,20,23)/p+2. The number of carbonyl (C=O) groups is 1. The lowest BCUT2D eigenvalue weighted by molar-refractivity contribution is -1.02. The zero-order valence-corrected chi connectivity index (χ0v) is 15.1. The van der Waals surface area contributed by atoms with E-state index in [2.05, 4.69) is 41.8 Å². The third-order valence-corrected chi connectivity index (χ3v) is 5.79. The number of aromatic nitrogens is 1. The first kappa shape index (κ1) is 17.1. The number of nitrogens with one attached hydrogen (secondary N) is 3. The number of rotatable bonds is 5. The van der Waals surface area contributed by atoms with Gasteiger partial charge in [0.05, 0.1) is 18.0 Å². The molecule has 0 spiro atoms. The molecule has 1 amide bonds. The molecule has 3 heterocycles. The van der Waals surface area contributed by atoms with Crippen LogP contribution in [-0.2, 0) is 0 Å². The molecule has 0 radical (unpaired) electrons. The molecule has 0 aromatic carbocycles. The Morgan fingerprint density at radius 3 is 2.54 bits per heavy atom. The summed E-state index contributed by atoms with van der Waals surface area (Å²) in [4.78, 5) is 21.0. The lowest BCUT2D eigenvalue weighted by Crippen LogP contribution is -3.27. The Bertz CT molecular complexity index is 638. The molecule has 2 atom stereocenters. The lowest BCUT2D eigenvalue weighted by Gasteiger charge is -2.36. The molecule has 3 rings (SSSR count). The molecule has 1 saturated heterocycles. The van der Waals surface area contributed by atoms with Crippen LogP contribution >= 0.6 is 11.3 Å². The molecule has 1 aliphatic rings. The van der Waals surface area contributed by atoms with Gasteiger partial charge in [-0.05, 0) is 30.5 Å². The zero-order chi connectivity index (χ0) is 16.9. The van der Waals surface area contributed by atoms with Gasteiger partial charge in [0.2, 0.25) is 0 Å². The molecule has 6 heteroatoms. The highest BCUT2D eigenvalue weighted by molar-refractivity contribution is 7.10. The van der Waals surface area contributed by atoms with Crippen molar-refractivity contribution in [3.8, 4) is 0 Å². The van der Waals surface area contributed by atoms with Crippen LogP contribution in [0.25, 0.3) is 0 Å². The second-order valence-corrected chi connectivity index (χ2v) is 7.59. The fourth-order valence-electron chi connectivity index (χ4n) is 3.46. The van der Waals surface area contributed by atoms with E-state index in [1.54, 1.807) is 45.7 Å². The molecule has 128 valence electrons. The van der Waals surface area contributed by atoms with Crippen molar-refractivity contribution in [1.29, 1.82) is 0 Å². The molecule has 0 aliphatic carbocycles. The van der Waals surface area contributed by atoms with Crippen molar-refractivity contribution < 1.29 is 14.6 Å². The van der Waals surface area contributed by atoms with Crippen LogP contribution in [-0.4, -0.2) is 50.2 Å². The summed E-state index contributed by atoms with van der Waals surface area (Å²) in [6, 6.07) is 8.21. The van der Waals surface area contributed by atoms with E-state index in [0.717, 1.165) is 13.1 Å². The van der Waals surface area contributed by atoms with Crippen LogP contribution in [0.5, 0.6) is 0 Å². The van der Waals surface area contributed by atoms with Gasteiger partial charge in [-0.15, -0.1) is 11.3 Å². The Hall–Kier alpha value is -1.76. The summed E-state index contributed by atoms with van der Waals surface area (Å²) in [6.45, 7) is 6.78.